The number of hydrogen-bond donors (Lipinski definition) is 2. The van der Waals surface area contributed by atoms with Gasteiger partial charge in [0, 0.05) is 0 Å². The number of alkyl halides is 3. The number of carbonyl (C=O) groups excluding carboxylic acids is 1. The number of nitrogens with two attached hydrogens (primary N) is 1. The van der Waals surface area contributed by atoms with Crippen LogP contribution in [0.15, 0.2) is 66.7 Å². The monoisotopic (exact) mass is 424 g/mol. The smallest absolute Gasteiger partial charge is 0.366 e. The van der Waals surface area contributed by atoms with Gasteiger partial charge in [-0.3, -0.25) is 4.79 Å². The minimum atomic E-state index is -4.41. The molecule has 1 fully saturated rings. The third-order valence-electron chi connectivity index (χ3n) is 5.87. The van der Waals surface area contributed by atoms with Crippen molar-refractivity contribution in [3.05, 3.63) is 83.4 Å². The van der Waals surface area contributed by atoms with Gasteiger partial charge in [0.25, 0.3) is 0 Å². The van der Waals surface area contributed by atoms with Crippen LogP contribution in [-0.4, -0.2) is 19.0 Å². The Labute approximate surface area is 179 Å². The third-order valence-corrected chi connectivity index (χ3v) is 5.87. The zero-order valence-corrected chi connectivity index (χ0v) is 16.9. The van der Waals surface area contributed by atoms with E-state index >= 15 is 0 Å². The first-order valence-electron chi connectivity index (χ1n) is 10.3. The summed E-state index contributed by atoms with van der Waals surface area (Å²) in [4.78, 5) is 12.4. The number of benzene rings is 3. The molecular weight excluding hydrogens is 401 g/mol. The molecule has 1 aliphatic rings. The second kappa shape index (κ2) is 8.55. The molecule has 4 rings (SSSR count). The Kier molecular flexibility index (Phi) is 5.83. The molecule has 1 saturated heterocycles. The first kappa shape index (κ1) is 21.1. The van der Waals surface area contributed by atoms with Crippen LogP contribution in [0.4, 0.5) is 13.2 Å². The van der Waals surface area contributed by atoms with E-state index in [1.807, 2.05) is 18.2 Å². The van der Waals surface area contributed by atoms with Crippen molar-refractivity contribution in [2.75, 3.05) is 13.1 Å². The van der Waals surface area contributed by atoms with E-state index in [9.17, 15) is 18.0 Å². The Bertz CT molecular complexity index is 1070. The lowest BCUT2D eigenvalue weighted by molar-refractivity contribution is -0.137. The zero-order chi connectivity index (χ0) is 22.0. The molecule has 0 spiro atoms. The molecule has 0 saturated carbocycles. The van der Waals surface area contributed by atoms with Crippen molar-refractivity contribution in [3.63, 3.8) is 0 Å². The molecular formula is C25H23F3N2O. The lowest BCUT2D eigenvalue weighted by atomic mass is 9.87. The maximum absolute atomic E-state index is 12.9. The van der Waals surface area contributed by atoms with Crippen molar-refractivity contribution < 1.29 is 18.0 Å². The topological polar surface area (TPSA) is 55.1 Å². The van der Waals surface area contributed by atoms with Gasteiger partial charge in [-0.15, -0.1) is 0 Å². The Morgan fingerprint density at radius 3 is 1.84 bits per heavy atom. The molecule has 3 aromatic rings. The van der Waals surface area contributed by atoms with E-state index in [4.69, 9.17) is 5.73 Å². The number of amides is 1. The van der Waals surface area contributed by atoms with Gasteiger partial charge in [-0.2, -0.15) is 13.2 Å². The summed E-state index contributed by atoms with van der Waals surface area (Å²) >= 11 is 0. The van der Waals surface area contributed by atoms with Gasteiger partial charge in [0.1, 0.15) is 0 Å². The summed E-state index contributed by atoms with van der Waals surface area (Å²) in [5.74, 6) is -0.0997. The van der Waals surface area contributed by atoms with Gasteiger partial charge in [0.15, 0.2) is 0 Å². The molecule has 1 aliphatic heterocycles. The van der Waals surface area contributed by atoms with Gasteiger partial charge in [-0.25, -0.2) is 0 Å². The van der Waals surface area contributed by atoms with E-state index in [-0.39, 0.29) is 0 Å². The summed E-state index contributed by atoms with van der Waals surface area (Å²) in [5.41, 5.74) is 9.09. The number of carbonyl (C=O) groups is 1. The van der Waals surface area contributed by atoms with E-state index < -0.39 is 17.6 Å². The van der Waals surface area contributed by atoms with Crippen LogP contribution in [0, 0.1) is 0 Å². The zero-order valence-electron chi connectivity index (χ0n) is 16.9. The summed E-state index contributed by atoms with van der Waals surface area (Å²) in [6, 6.07) is 18.2. The van der Waals surface area contributed by atoms with Crippen LogP contribution in [0.3, 0.4) is 0 Å². The first-order valence-corrected chi connectivity index (χ1v) is 10.3. The summed E-state index contributed by atoms with van der Waals surface area (Å²) < 4.78 is 38.7. The van der Waals surface area contributed by atoms with Gasteiger partial charge < -0.3 is 11.1 Å². The van der Waals surface area contributed by atoms with Crippen molar-refractivity contribution in [2.45, 2.75) is 24.9 Å². The van der Waals surface area contributed by atoms with Gasteiger partial charge in [0.05, 0.1) is 11.1 Å². The van der Waals surface area contributed by atoms with Crippen LogP contribution in [0.5, 0.6) is 0 Å². The molecule has 3 nitrogen and oxygen atoms in total. The Hall–Kier alpha value is -3.12. The maximum Gasteiger partial charge on any atom is 0.416 e. The number of piperidine rings is 1. The quantitative estimate of drug-likeness (QED) is 0.572. The highest BCUT2D eigenvalue weighted by molar-refractivity contribution is 6.06. The number of primary amides is 1. The van der Waals surface area contributed by atoms with Gasteiger partial charge in [0.2, 0.25) is 5.91 Å². The lowest BCUT2D eigenvalue weighted by Gasteiger charge is -2.23. The Balaban J connectivity index is 1.72. The van der Waals surface area contributed by atoms with Gasteiger partial charge >= 0.3 is 6.18 Å². The number of hydrogen-bond acceptors (Lipinski definition) is 2. The highest BCUT2D eigenvalue weighted by Crippen LogP contribution is 2.35. The minimum Gasteiger partial charge on any atom is -0.366 e. The van der Waals surface area contributed by atoms with E-state index in [0.717, 1.165) is 43.6 Å². The van der Waals surface area contributed by atoms with Crippen molar-refractivity contribution in [2.24, 2.45) is 5.73 Å². The number of nitrogens with one attached hydrogen (secondary N) is 1. The van der Waals surface area contributed by atoms with E-state index in [1.54, 1.807) is 12.1 Å². The van der Waals surface area contributed by atoms with Crippen molar-refractivity contribution in [3.8, 4) is 22.3 Å². The molecule has 0 aromatic heterocycles. The molecule has 3 aromatic carbocycles. The summed E-state index contributed by atoms with van der Waals surface area (Å²) in [6.07, 6.45) is -2.23. The molecule has 3 N–H and O–H groups in total. The molecule has 1 amide bonds. The van der Waals surface area contributed by atoms with Crippen molar-refractivity contribution in [1.29, 1.82) is 0 Å². The van der Waals surface area contributed by atoms with Crippen LogP contribution in [0.2, 0.25) is 0 Å². The standard InChI is InChI=1S/C25H23F3N2O/c26-25(27,28)20-10-8-19(9-11-20)22-3-1-2-21(23(22)24(29)31)18-6-4-16(5-7-18)17-12-14-30-15-13-17/h1-11,17,30H,12-15H2,(H2,29,31). The number of halogens is 3. The SMILES string of the molecule is NC(=O)c1c(-c2ccc(C3CCNCC3)cc2)cccc1-c1ccc(C(F)(F)F)cc1. The molecule has 31 heavy (non-hydrogen) atoms. The molecule has 160 valence electrons. The second-order valence-corrected chi connectivity index (χ2v) is 7.81. The molecule has 0 atom stereocenters. The van der Waals surface area contributed by atoms with E-state index in [1.165, 1.54) is 17.7 Å². The van der Waals surface area contributed by atoms with Crippen LogP contribution in [-0.2, 0) is 6.18 Å². The fraction of sp³-hybridized carbons (Fsp3) is 0.240. The molecule has 0 aliphatic carbocycles. The molecule has 0 bridgehead atoms. The normalized spacial score (nSPS) is 15.1. The number of rotatable bonds is 4. The summed E-state index contributed by atoms with van der Waals surface area (Å²) in [5, 5.41) is 3.36. The fourth-order valence-corrected chi connectivity index (χ4v) is 4.23. The van der Waals surface area contributed by atoms with Gasteiger partial charge in [-0.1, -0.05) is 54.6 Å². The predicted octanol–water partition coefficient (Wildman–Crippen LogP) is 5.61. The molecule has 1 heterocycles. The van der Waals surface area contributed by atoms with Crippen LogP contribution < -0.4 is 11.1 Å². The van der Waals surface area contributed by atoms with Crippen LogP contribution in [0.25, 0.3) is 22.3 Å². The molecule has 6 heteroatoms. The van der Waals surface area contributed by atoms with Gasteiger partial charge in [-0.05, 0) is 71.8 Å². The average molecular weight is 424 g/mol. The summed E-state index contributed by atoms with van der Waals surface area (Å²) in [6.45, 7) is 2.01. The van der Waals surface area contributed by atoms with E-state index in [0.29, 0.717) is 28.2 Å². The fourth-order valence-electron chi connectivity index (χ4n) is 4.23. The van der Waals surface area contributed by atoms with E-state index in [2.05, 4.69) is 17.4 Å². The Morgan fingerprint density at radius 2 is 1.35 bits per heavy atom. The third kappa shape index (κ3) is 4.49. The second-order valence-electron chi connectivity index (χ2n) is 7.81. The highest BCUT2D eigenvalue weighted by Gasteiger charge is 2.30. The average Bonchev–Trinajstić information content (AvgIpc) is 2.79. The van der Waals surface area contributed by atoms with Crippen molar-refractivity contribution >= 4 is 5.91 Å². The molecule has 0 radical (unpaired) electrons. The van der Waals surface area contributed by atoms with Crippen LogP contribution in [0.1, 0.15) is 40.2 Å². The highest BCUT2D eigenvalue weighted by atomic mass is 19.4. The lowest BCUT2D eigenvalue weighted by Crippen LogP contribution is -2.26. The van der Waals surface area contributed by atoms with Crippen molar-refractivity contribution in [1.82, 2.24) is 5.32 Å². The predicted molar refractivity (Wildman–Crippen MR) is 116 cm³/mol. The maximum atomic E-state index is 12.9. The first-order chi connectivity index (χ1) is 14.8. The largest absolute Gasteiger partial charge is 0.416 e. The molecule has 0 unspecified atom stereocenters. The summed E-state index contributed by atoms with van der Waals surface area (Å²) in [7, 11) is 0. The Morgan fingerprint density at radius 1 is 0.839 bits per heavy atom. The van der Waals surface area contributed by atoms with Crippen LogP contribution >= 0.6 is 0 Å². The minimum absolute atomic E-state index is 0.303.